The Morgan fingerprint density at radius 1 is 0.976 bits per heavy atom. The molecule has 3 N–H and O–H groups in total. The van der Waals surface area contributed by atoms with E-state index in [2.05, 4.69) is 21.4 Å². The number of nitrogen functional groups attached to an aromatic ring is 1. The molecule has 1 atom stereocenters. The summed E-state index contributed by atoms with van der Waals surface area (Å²) < 4.78 is 5.30. The SMILES string of the molecule is COc1ccc(CN2CN(C)C(=O)c3c(NC(C)c4cc5ccccc5nc4-c4ccccc4)nc(N)nc32)cc1. The van der Waals surface area contributed by atoms with Crippen LogP contribution in [0.15, 0.2) is 84.9 Å². The van der Waals surface area contributed by atoms with Crippen molar-refractivity contribution in [2.24, 2.45) is 0 Å². The van der Waals surface area contributed by atoms with E-state index in [1.807, 2.05) is 90.7 Å². The number of para-hydroxylation sites is 1. The Labute approximate surface area is 238 Å². The maximum absolute atomic E-state index is 13.5. The van der Waals surface area contributed by atoms with Gasteiger partial charge >= 0.3 is 0 Å². The van der Waals surface area contributed by atoms with Crippen molar-refractivity contribution in [3.63, 3.8) is 0 Å². The third kappa shape index (κ3) is 5.09. The van der Waals surface area contributed by atoms with Gasteiger partial charge in [-0.15, -0.1) is 0 Å². The first-order chi connectivity index (χ1) is 19.9. The molecule has 1 aliphatic rings. The quantitative estimate of drug-likeness (QED) is 0.276. The fraction of sp³-hybridized carbons (Fsp3) is 0.188. The number of methoxy groups -OCH3 is 1. The van der Waals surface area contributed by atoms with E-state index in [0.29, 0.717) is 30.4 Å². The second kappa shape index (κ2) is 10.8. The maximum atomic E-state index is 13.5. The molecule has 3 heterocycles. The van der Waals surface area contributed by atoms with Crippen molar-refractivity contribution in [3.05, 3.63) is 102 Å². The van der Waals surface area contributed by atoms with Gasteiger partial charge in [-0.25, -0.2) is 4.98 Å². The zero-order chi connectivity index (χ0) is 28.5. The third-order valence-corrected chi connectivity index (χ3v) is 7.30. The van der Waals surface area contributed by atoms with Crippen LogP contribution in [0.5, 0.6) is 5.75 Å². The minimum atomic E-state index is -0.254. The molecule has 2 aromatic heterocycles. The number of fused-ring (bicyclic) bond motifs is 2. The van der Waals surface area contributed by atoms with Gasteiger partial charge in [0.05, 0.1) is 31.0 Å². The maximum Gasteiger partial charge on any atom is 0.262 e. The molecule has 0 aliphatic carbocycles. The van der Waals surface area contributed by atoms with E-state index in [0.717, 1.165) is 39.0 Å². The van der Waals surface area contributed by atoms with E-state index < -0.39 is 0 Å². The molecule has 0 saturated heterocycles. The number of ether oxygens (including phenoxy) is 1. The van der Waals surface area contributed by atoms with Crippen LogP contribution in [0.2, 0.25) is 0 Å². The van der Waals surface area contributed by atoms with E-state index in [9.17, 15) is 4.79 Å². The Hall–Kier alpha value is -5.18. The third-order valence-electron chi connectivity index (χ3n) is 7.30. The molecule has 6 rings (SSSR count). The highest BCUT2D eigenvalue weighted by atomic mass is 16.5. The Balaban J connectivity index is 1.40. The minimum Gasteiger partial charge on any atom is -0.497 e. The van der Waals surface area contributed by atoms with Gasteiger partial charge in [0.1, 0.15) is 17.1 Å². The van der Waals surface area contributed by atoms with E-state index in [-0.39, 0.29) is 17.9 Å². The molecule has 1 unspecified atom stereocenters. The Kier molecular flexibility index (Phi) is 6.84. The lowest BCUT2D eigenvalue weighted by molar-refractivity contribution is 0.0781. The summed E-state index contributed by atoms with van der Waals surface area (Å²) >= 11 is 0. The Morgan fingerprint density at radius 3 is 2.46 bits per heavy atom. The number of anilines is 3. The fourth-order valence-corrected chi connectivity index (χ4v) is 5.22. The summed E-state index contributed by atoms with van der Waals surface area (Å²) in [7, 11) is 3.42. The first kappa shape index (κ1) is 26.1. The largest absolute Gasteiger partial charge is 0.497 e. The number of amides is 1. The first-order valence-electron chi connectivity index (χ1n) is 13.4. The van der Waals surface area contributed by atoms with Crippen LogP contribution in [0.25, 0.3) is 22.2 Å². The molecule has 0 bridgehead atoms. The number of hydrogen-bond donors (Lipinski definition) is 2. The minimum absolute atomic E-state index is 0.0930. The normalized spacial score (nSPS) is 13.7. The van der Waals surface area contributed by atoms with Crippen LogP contribution >= 0.6 is 0 Å². The number of carbonyl (C=O) groups excluding carboxylic acids is 1. The summed E-state index contributed by atoms with van der Waals surface area (Å²) in [6, 6.07) is 27.9. The summed E-state index contributed by atoms with van der Waals surface area (Å²) in [6.07, 6.45) is 0. The molecule has 5 aromatic rings. The smallest absolute Gasteiger partial charge is 0.262 e. The molecule has 9 heteroatoms. The topological polar surface area (TPSA) is 110 Å². The molecule has 1 aliphatic heterocycles. The second-order valence-electron chi connectivity index (χ2n) is 10.2. The zero-order valence-electron chi connectivity index (χ0n) is 23.2. The van der Waals surface area contributed by atoms with Gasteiger partial charge in [-0.05, 0) is 36.8 Å². The van der Waals surface area contributed by atoms with E-state index in [1.165, 1.54) is 0 Å². The zero-order valence-corrected chi connectivity index (χ0v) is 23.2. The van der Waals surface area contributed by atoms with Gasteiger partial charge < -0.3 is 25.6 Å². The molecule has 1 amide bonds. The van der Waals surface area contributed by atoms with Gasteiger partial charge in [-0.1, -0.05) is 60.7 Å². The van der Waals surface area contributed by atoms with Crippen molar-refractivity contribution in [2.75, 3.05) is 36.8 Å². The summed E-state index contributed by atoms with van der Waals surface area (Å²) in [5.41, 5.74) is 11.4. The molecular formula is C32H31N7O2. The number of benzene rings is 3. The van der Waals surface area contributed by atoms with Crippen LogP contribution < -0.4 is 20.7 Å². The van der Waals surface area contributed by atoms with Crippen molar-refractivity contribution in [3.8, 4) is 17.0 Å². The van der Waals surface area contributed by atoms with Crippen molar-refractivity contribution in [1.29, 1.82) is 0 Å². The van der Waals surface area contributed by atoms with Gasteiger partial charge in [-0.2, -0.15) is 9.97 Å². The van der Waals surface area contributed by atoms with Crippen LogP contribution in [0.4, 0.5) is 17.6 Å². The van der Waals surface area contributed by atoms with E-state index in [1.54, 1.807) is 19.1 Å². The number of nitrogens with one attached hydrogen (secondary N) is 1. The number of rotatable bonds is 7. The Bertz CT molecular complexity index is 1720. The van der Waals surface area contributed by atoms with Crippen LogP contribution in [-0.2, 0) is 6.54 Å². The van der Waals surface area contributed by atoms with Gasteiger partial charge in [0, 0.05) is 30.1 Å². The number of aromatic nitrogens is 3. The number of hydrogen-bond acceptors (Lipinski definition) is 8. The number of carbonyl (C=O) groups is 1. The monoisotopic (exact) mass is 545 g/mol. The van der Waals surface area contributed by atoms with Crippen molar-refractivity contribution in [2.45, 2.75) is 19.5 Å². The van der Waals surface area contributed by atoms with E-state index >= 15 is 0 Å². The predicted octanol–water partition coefficient (Wildman–Crippen LogP) is 5.51. The molecule has 3 aromatic carbocycles. The first-order valence-corrected chi connectivity index (χ1v) is 13.4. The summed E-state index contributed by atoms with van der Waals surface area (Å²) in [6.45, 7) is 2.94. The summed E-state index contributed by atoms with van der Waals surface area (Å²) in [5.74, 6) is 1.61. The molecule has 0 spiro atoms. The molecular weight excluding hydrogens is 514 g/mol. The molecule has 41 heavy (non-hydrogen) atoms. The molecule has 206 valence electrons. The summed E-state index contributed by atoms with van der Waals surface area (Å²) in [4.78, 5) is 31.3. The van der Waals surface area contributed by atoms with Crippen LogP contribution in [0.1, 0.15) is 34.5 Å². The molecule has 0 fully saturated rings. The predicted molar refractivity (Wildman–Crippen MR) is 162 cm³/mol. The Morgan fingerprint density at radius 2 is 1.71 bits per heavy atom. The van der Waals surface area contributed by atoms with Crippen molar-refractivity contribution in [1.82, 2.24) is 19.9 Å². The average Bonchev–Trinajstić information content (AvgIpc) is 2.99. The second-order valence-corrected chi connectivity index (χ2v) is 10.2. The molecule has 0 radical (unpaired) electrons. The van der Waals surface area contributed by atoms with Crippen LogP contribution in [0.3, 0.4) is 0 Å². The van der Waals surface area contributed by atoms with Gasteiger partial charge in [-0.3, -0.25) is 4.79 Å². The standard InChI is InChI=1S/C32H31N7O2/c1-20(25-17-23-11-7-8-12-26(23)35-28(25)22-9-5-4-6-10-22)34-29-27-30(37-32(33)36-29)39(19-38(2)31(27)40)18-21-13-15-24(41-3)16-14-21/h4-17,20H,18-19H2,1-3H3,(H3,33,34,36,37). The van der Waals surface area contributed by atoms with Gasteiger partial charge in [0.25, 0.3) is 5.91 Å². The average molecular weight is 546 g/mol. The van der Waals surface area contributed by atoms with E-state index in [4.69, 9.17) is 15.5 Å². The number of pyridine rings is 1. The highest BCUT2D eigenvalue weighted by Crippen LogP contribution is 2.36. The van der Waals surface area contributed by atoms with Crippen LogP contribution in [0, 0.1) is 0 Å². The van der Waals surface area contributed by atoms with Crippen molar-refractivity contribution >= 4 is 34.4 Å². The lowest BCUT2D eigenvalue weighted by Crippen LogP contribution is -2.45. The lowest BCUT2D eigenvalue weighted by atomic mass is 9.98. The highest BCUT2D eigenvalue weighted by Gasteiger charge is 2.33. The molecule has 9 nitrogen and oxygen atoms in total. The number of nitrogens with zero attached hydrogens (tertiary/aromatic N) is 5. The van der Waals surface area contributed by atoms with Crippen LogP contribution in [-0.4, -0.2) is 46.6 Å². The highest BCUT2D eigenvalue weighted by molar-refractivity contribution is 6.05. The van der Waals surface area contributed by atoms with Gasteiger partial charge in [0.15, 0.2) is 5.82 Å². The number of nitrogens with two attached hydrogens (primary N) is 1. The lowest BCUT2D eigenvalue weighted by Gasteiger charge is -2.36. The van der Waals surface area contributed by atoms with Gasteiger partial charge in [0.2, 0.25) is 5.95 Å². The molecule has 0 saturated carbocycles. The fourth-order valence-electron chi connectivity index (χ4n) is 5.22. The summed E-state index contributed by atoms with van der Waals surface area (Å²) in [5, 5.41) is 4.52. The van der Waals surface area contributed by atoms with Crippen molar-refractivity contribution < 1.29 is 9.53 Å².